The van der Waals surface area contributed by atoms with Crippen molar-refractivity contribution in [3.63, 3.8) is 0 Å². The number of anilines is 1. The summed E-state index contributed by atoms with van der Waals surface area (Å²) >= 11 is 19.3. The van der Waals surface area contributed by atoms with Crippen LogP contribution in [0.2, 0.25) is 15.1 Å². The third kappa shape index (κ3) is 4.77. The molecule has 2 aromatic carbocycles. The van der Waals surface area contributed by atoms with Gasteiger partial charge < -0.3 is 5.32 Å². The molecule has 0 saturated heterocycles. The second-order valence-corrected chi connectivity index (χ2v) is 7.29. The maximum absolute atomic E-state index is 13.7. The Morgan fingerprint density at radius 3 is 2.30 bits per heavy atom. The van der Waals surface area contributed by atoms with Gasteiger partial charge in [0.2, 0.25) is 5.91 Å². The van der Waals surface area contributed by atoms with Crippen LogP contribution in [0.5, 0.6) is 0 Å². The third-order valence-corrected chi connectivity index (χ3v) is 5.27. The van der Waals surface area contributed by atoms with Crippen molar-refractivity contribution in [2.45, 2.75) is 17.9 Å². The topological polar surface area (TPSA) is 29.1 Å². The number of rotatable bonds is 5. The number of amides is 1. The maximum atomic E-state index is 13.7. The minimum Gasteiger partial charge on any atom is -0.323 e. The fourth-order valence-corrected chi connectivity index (χ4v) is 3.52. The van der Waals surface area contributed by atoms with Crippen LogP contribution in [-0.2, 0) is 10.5 Å². The van der Waals surface area contributed by atoms with Gasteiger partial charge in [0.25, 0.3) is 0 Å². The van der Waals surface area contributed by atoms with E-state index in [0.717, 1.165) is 0 Å². The summed E-state index contributed by atoms with van der Waals surface area (Å²) in [7, 11) is 0. The van der Waals surface area contributed by atoms with Gasteiger partial charge in [-0.3, -0.25) is 4.79 Å². The molecule has 0 heterocycles. The first-order chi connectivity index (χ1) is 10.9. The van der Waals surface area contributed by atoms with Crippen LogP contribution in [-0.4, -0.2) is 11.2 Å². The zero-order valence-corrected chi connectivity index (χ0v) is 15.2. The molecule has 0 aliphatic heterocycles. The number of hydrogen-bond donors (Lipinski definition) is 1. The Bertz CT molecular complexity index is 686. The molecular formula is C16H13Cl3FNOS. The van der Waals surface area contributed by atoms with E-state index in [1.165, 1.54) is 17.8 Å². The number of nitrogens with one attached hydrogen (secondary N) is 1. The van der Waals surface area contributed by atoms with Crippen LogP contribution in [0.3, 0.4) is 0 Å². The zero-order chi connectivity index (χ0) is 17.0. The Hall–Kier alpha value is -0.940. The molecular weight excluding hydrogens is 380 g/mol. The van der Waals surface area contributed by atoms with Crippen molar-refractivity contribution < 1.29 is 9.18 Å². The SMILES string of the molecule is CC(SCc1c(F)cccc1Cl)C(=O)Nc1c(Cl)cccc1Cl. The largest absolute Gasteiger partial charge is 0.323 e. The summed E-state index contributed by atoms with van der Waals surface area (Å²) in [6.45, 7) is 1.72. The van der Waals surface area contributed by atoms with Gasteiger partial charge in [0.15, 0.2) is 0 Å². The Morgan fingerprint density at radius 1 is 1.13 bits per heavy atom. The van der Waals surface area contributed by atoms with Gasteiger partial charge in [0, 0.05) is 16.3 Å². The van der Waals surface area contributed by atoms with Crippen molar-refractivity contribution >= 4 is 58.2 Å². The maximum Gasteiger partial charge on any atom is 0.237 e. The minimum atomic E-state index is -0.432. The van der Waals surface area contributed by atoms with Gasteiger partial charge in [-0.1, -0.05) is 46.9 Å². The minimum absolute atomic E-state index is 0.266. The Morgan fingerprint density at radius 2 is 1.70 bits per heavy atom. The van der Waals surface area contributed by atoms with Crippen LogP contribution in [0.15, 0.2) is 36.4 Å². The second-order valence-electron chi connectivity index (χ2n) is 4.74. The molecule has 0 radical (unpaired) electrons. The Kier molecular flexibility index (Phi) is 6.60. The molecule has 0 aromatic heterocycles. The molecule has 0 saturated carbocycles. The van der Waals surface area contributed by atoms with Gasteiger partial charge in [-0.2, -0.15) is 0 Å². The van der Waals surface area contributed by atoms with Crippen LogP contribution in [0.25, 0.3) is 0 Å². The molecule has 23 heavy (non-hydrogen) atoms. The average molecular weight is 393 g/mol. The van der Waals surface area contributed by atoms with Gasteiger partial charge in [0.05, 0.1) is 21.0 Å². The number of benzene rings is 2. The summed E-state index contributed by atoms with van der Waals surface area (Å²) in [5.41, 5.74) is 0.756. The zero-order valence-electron chi connectivity index (χ0n) is 12.1. The summed E-state index contributed by atoms with van der Waals surface area (Å²) in [6, 6.07) is 9.48. The van der Waals surface area contributed by atoms with Gasteiger partial charge in [-0.25, -0.2) is 4.39 Å². The molecule has 0 aliphatic carbocycles. The fourth-order valence-electron chi connectivity index (χ4n) is 1.80. The first-order valence-corrected chi connectivity index (χ1v) is 8.87. The fraction of sp³-hybridized carbons (Fsp3) is 0.188. The van der Waals surface area contributed by atoms with E-state index in [1.807, 2.05) is 0 Å². The summed E-state index contributed by atoms with van der Waals surface area (Å²) in [5.74, 6) is -0.361. The van der Waals surface area contributed by atoms with Gasteiger partial charge in [0.1, 0.15) is 5.82 Å². The van der Waals surface area contributed by atoms with E-state index in [9.17, 15) is 9.18 Å². The molecule has 0 bridgehead atoms. The molecule has 2 aromatic rings. The predicted octanol–water partition coefficient (Wildman–Crippen LogP) is 6.05. The van der Waals surface area contributed by atoms with Crippen LogP contribution in [0, 0.1) is 5.82 Å². The lowest BCUT2D eigenvalue weighted by Crippen LogP contribution is -2.23. The first kappa shape index (κ1) is 18.4. The molecule has 0 aliphatic rings. The number of thioether (sulfide) groups is 1. The Labute approximate surface area is 153 Å². The van der Waals surface area contributed by atoms with Crippen molar-refractivity contribution in [2.24, 2.45) is 0 Å². The summed E-state index contributed by atoms with van der Waals surface area (Å²) in [5, 5.41) is 3.33. The predicted molar refractivity (Wildman–Crippen MR) is 97.3 cm³/mol. The van der Waals surface area contributed by atoms with Crippen LogP contribution in [0.1, 0.15) is 12.5 Å². The normalized spacial score (nSPS) is 12.0. The van der Waals surface area contributed by atoms with Crippen molar-refractivity contribution in [3.05, 3.63) is 62.8 Å². The standard InChI is InChI=1S/C16H13Cl3FNOS/c1-9(23-8-10-11(17)4-3-7-14(10)20)16(22)21-15-12(18)5-2-6-13(15)19/h2-7,9H,8H2,1H3,(H,21,22). The lowest BCUT2D eigenvalue weighted by atomic mass is 10.2. The van der Waals surface area contributed by atoms with Crippen molar-refractivity contribution in [3.8, 4) is 0 Å². The number of carbonyl (C=O) groups excluding carboxylic acids is 1. The van der Waals surface area contributed by atoms with Gasteiger partial charge >= 0.3 is 0 Å². The molecule has 1 amide bonds. The molecule has 0 fully saturated rings. The van der Waals surface area contributed by atoms with Crippen LogP contribution < -0.4 is 5.32 Å². The molecule has 2 rings (SSSR count). The van der Waals surface area contributed by atoms with E-state index >= 15 is 0 Å². The van der Waals surface area contributed by atoms with Crippen LogP contribution in [0.4, 0.5) is 10.1 Å². The van der Waals surface area contributed by atoms with E-state index in [0.29, 0.717) is 26.3 Å². The number of hydrogen-bond acceptors (Lipinski definition) is 2. The molecule has 7 heteroatoms. The number of carbonyl (C=O) groups is 1. The molecule has 0 spiro atoms. The lowest BCUT2D eigenvalue weighted by molar-refractivity contribution is -0.115. The third-order valence-electron chi connectivity index (χ3n) is 3.12. The van der Waals surface area contributed by atoms with Crippen molar-refractivity contribution in [1.82, 2.24) is 0 Å². The van der Waals surface area contributed by atoms with E-state index in [-0.39, 0.29) is 17.5 Å². The number of halogens is 4. The quantitative estimate of drug-likeness (QED) is 0.671. The highest BCUT2D eigenvalue weighted by Crippen LogP contribution is 2.31. The summed E-state index contributed by atoms with van der Waals surface area (Å²) in [6.07, 6.45) is 0. The monoisotopic (exact) mass is 391 g/mol. The smallest absolute Gasteiger partial charge is 0.237 e. The summed E-state index contributed by atoms with van der Waals surface area (Å²) < 4.78 is 13.7. The molecule has 1 atom stereocenters. The summed E-state index contributed by atoms with van der Waals surface area (Å²) in [4.78, 5) is 12.2. The highest BCUT2D eigenvalue weighted by molar-refractivity contribution is 7.99. The molecule has 2 nitrogen and oxygen atoms in total. The van der Waals surface area contributed by atoms with E-state index < -0.39 is 5.25 Å². The van der Waals surface area contributed by atoms with Crippen molar-refractivity contribution in [2.75, 3.05) is 5.32 Å². The van der Waals surface area contributed by atoms with E-state index in [4.69, 9.17) is 34.8 Å². The van der Waals surface area contributed by atoms with Gasteiger partial charge in [-0.05, 0) is 31.2 Å². The first-order valence-electron chi connectivity index (χ1n) is 6.69. The lowest BCUT2D eigenvalue weighted by Gasteiger charge is -2.14. The molecule has 1 unspecified atom stereocenters. The van der Waals surface area contributed by atoms with Crippen molar-refractivity contribution in [1.29, 1.82) is 0 Å². The Balaban J connectivity index is 2.01. The van der Waals surface area contributed by atoms with E-state index in [1.54, 1.807) is 37.3 Å². The van der Waals surface area contributed by atoms with E-state index in [2.05, 4.69) is 5.32 Å². The molecule has 1 N–H and O–H groups in total. The number of para-hydroxylation sites is 1. The second kappa shape index (κ2) is 8.25. The molecule has 122 valence electrons. The highest BCUT2D eigenvalue weighted by Gasteiger charge is 2.18. The average Bonchev–Trinajstić information content (AvgIpc) is 2.50. The van der Waals surface area contributed by atoms with Gasteiger partial charge in [-0.15, -0.1) is 11.8 Å². The van der Waals surface area contributed by atoms with Crippen LogP contribution >= 0.6 is 46.6 Å². The highest BCUT2D eigenvalue weighted by atomic mass is 35.5.